The van der Waals surface area contributed by atoms with E-state index in [0.717, 1.165) is 30.5 Å². The zero-order valence-electron chi connectivity index (χ0n) is 18.9. The van der Waals surface area contributed by atoms with E-state index in [4.69, 9.17) is 4.74 Å². The molecule has 2 fully saturated rings. The van der Waals surface area contributed by atoms with Crippen molar-refractivity contribution in [3.8, 4) is 0 Å². The summed E-state index contributed by atoms with van der Waals surface area (Å²) in [7, 11) is -2.06. The molecule has 176 valence electrons. The largest absolute Gasteiger partial charge is 0.383 e. The number of fused-ring (bicyclic) bond motifs is 1. The fourth-order valence-electron chi connectivity index (χ4n) is 4.88. The summed E-state index contributed by atoms with van der Waals surface area (Å²) in [6.07, 6.45) is 4.68. The highest BCUT2D eigenvalue weighted by Crippen LogP contribution is 2.38. The van der Waals surface area contributed by atoms with E-state index < -0.39 is 10.0 Å². The molecule has 1 saturated carbocycles. The second-order valence-corrected chi connectivity index (χ2v) is 11.1. The monoisotopic (exact) mass is 463 g/mol. The van der Waals surface area contributed by atoms with Crippen LogP contribution < -0.4 is 10.2 Å². The Kier molecular flexibility index (Phi) is 6.88. The summed E-state index contributed by atoms with van der Waals surface area (Å²) < 4.78 is 32.9. The molecular weight excluding hydrogens is 430 g/mol. The van der Waals surface area contributed by atoms with Crippen LogP contribution in [-0.4, -0.2) is 63.9 Å². The number of carbonyl (C=O) groups excluding carboxylic acids is 2. The number of hydrogen-bond acceptors (Lipinski definition) is 5. The Bertz CT molecular complexity index is 968. The first-order valence-electron chi connectivity index (χ1n) is 11.6. The number of carbonyl (C=O) groups is 2. The number of nitrogens with one attached hydrogen (secondary N) is 1. The molecule has 1 aromatic carbocycles. The van der Waals surface area contributed by atoms with E-state index >= 15 is 0 Å². The molecule has 1 atom stereocenters. The number of methoxy groups -OCH3 is 1. The molecule has 1 N–H and O–H groups in total. The van der Waals surface area contributed by atoms with Gasteiger partial charge < -0.3 is 15.0 Å². The Labute approximate surface area is 190 Å². The van der Waals surface area contributed by atoms with Crippen molar-refractivity contribution in [3.63, 3.8) is 0 Å². The zero-order valence-corrected chi connectivity index (χ0v) is 19.7. The molecule has 3 aliphatic rings. The number of rotatable bonds is 7. The highest BCUT2D eigenvalue weighted by atomic mass is 32.2. The predicted octanol–water partition coefficient (Wildman–Crippen LogP) is 1.93. The number of ether oxygens (including phenoxy) is 1. The van der Waals surface area contributed by atoms with Gasteiger partial charge in [0, 0.05) is 50.3 Å². The lowest BCUT2D eigenvalue weighted by molar-refractivity contribution is -0.126. The smallest absolute Gasteiger partial charge is 0.243 e. The zero-order chi connectivity index (χ0) is 22.9. The molecular formula is C23H33N3O5S. The Balaban J connectivity index is 1.42. The van der Waals surface area contributed by atoms with Crippen molar-refractivity contribution in [1.82, 2.24) is 9.62 Å². The van der Waals surface area contributed by atoms with Crippen molar-refractivity contribution in [3.05, 3.63) is 23.8 Å². The van der Waals surface area contributed by atoms with Crippen LogP contribution in [0.2, 0.25) is 0 Å². The molecule has 0 spiro atoms. The molecule has 0 unspecified atom stereocenters. The Morgan fingerprint density at radius 1 is 1.12 bits per heavy atom. The van der Waals surface area contributed by atoms with Crippen LogP contribution in [0, 0.1) is 11.8 Å². The van der Waals surface area contributed by atoms with E-state index in [9.17, 15) is 18.0 Å². The van der Waals surface area contributed by atoms with Crippen LogP contribution in [0.25, 0.3) is 0 Å². The molecule has 0 aromatic heterocycles. The maximum Gasteiger partial charge on any atom is 0.243 e. The minimum Gasteiger partial charge on any atom is -0.383 e. The molecule has 32 heavy (non-hydrogen) atoms. The SMILES string of the molecule is COCCNC(=O)C1CCN(S(=O)(=O)c2ccc3c(c2)C[C@H](C)N3C(=O)C2CCC2)CC1. The molecule has 8 nitrogen and oxygen atoms in total. The van der Waals surface area contributed by atoms with E-state index in [2.05, 4.69) is 5.32 Å². The molecule has 1 aliphatic carbocycles. The molecule has 2 heterocycles. The van der Waals surface area contributed by atoms with Gasteiger partial charge in [0.2, 0.25) is 21.8 Å². The number of benzene rings is 1. The second-order valence-electron chi connectivity index (χ2n) is 9.14. The summed E-state index contributed by atoms with van der Waals surface area (Å²) in [5.41, 5.74) is 1.76. The molecule has 0 radical (unpaired) electrons. The highest BCUT2D eigenvalue weighted by Gasteiger charge is 2.38. The molecule has 0 bridgehead atoms. The van der Waals surface area contributed by atoms with Crippen molar-refractivity contribution in [2.75, 3.05) is 38.3 Å². The van der Waals surface area contributed by atoms with Crippen molar-refractivity contribution in [2.45, 2.75) is 56.4 Å². The van der Waals surface area contributed by atoms with Crippen LogP contribution in [0.5, 0.6) is 0 Å². The number of hydrogen-bond donors (Lipinski definition) is 1. The Hall–Kier alpha value is -1.97. The fourth-order valence-corrected chi connectivity index (χ4v) is 6.40. The van der Waals surface area contributed by atoms with Gasteiger partial charge in [-0.05, 0) is 62.8 Å². The Morgan fingerprint density at radius 3 is 2.47 bits per heavy atom. The molecule has 2 amide bonds. The third-order valence-corrected chi connectivity index (χ3v) is 8.92. The highest BCUT2D eigenvalue weighted by molar-refractivity contribution is 7.89. The summed E-state index contributed by atoms with van der Waals surface area (Å²) in [6, 6.07) is 5.19. The van der Waals surface area contributed by atoms with Crippen LogP contribution in [0.3, 0.4) is 0 Å². The van der Waals surface area contributed by atoms with Gasteiger partial charge in [-0.3, -0.25) is 9.59 Å². The molecule has 9 heteroatoms. The van der Waals surface area contributed by atoms with E-state index in [-0.39, 0.29) is 34.6 Å². The van der Waals surface area contributed by atoms with Crippen LogP contribution >= 0.6 is 0 Å². The normalized spacial score (nSPS) is 22.4. The van der Waals surface area contributed by atoms with Gasteiger partial charge in [0.05, 0.1) is 11.5 Å². The lowest BCUT2D eigenvalue weighted by atomic mass is 9.84. The number of piperidine rings is 1. The molecule has 2 aliphatic heterocycles. The van der Waals surface area contributed by atoms with Gasteiger partial charge in [-0.15, -0.1) is 0 Å². The van der Waals surface area contributed by atoms with E-state index in [1.54, 1.807) is 25.3 Å². The first-order valence-corrected chi connectivity index (χ1v) is 13.0. The van der Waals surface area contributed by atoms with Gasteiger partial charge in [0.25, 0.3) is 0 Å². The number of nitrogens with zero attached hydrogens (tertiary/aromatic N) is 2. The average molecular weight is 464 g/mol. The summed E-state index contributed by atoms with van der Waals surface area (Å²) in [4.78, 5) is 27.2. The standard InChI is InChI=1S/C23H33N3O5S/c1-16-14-19-15-20(6-7-21(19)26(16)23(28)18-4-3-5-18)32(29,30)25-11-8-17(9-12-25)22(27)24-10-13-31-2/h6-7,15-18H,3-5,8-14H2,1-2H3,(H,24,27)/t16-/m0/s1. The van der Waals surface area contributed by atoms with Gasteiger partial charge in [-0.25, -0.2) is 8.42 Å². The summed E-state index contributed by atoms with van der Waals surface area (Å²) >= 11 is 0. The number of sulfonamides is 1. The maximum atomic E-state index is 13.3. The van der Waals surface area contributed by atoms with Crippen LogP contribution in [-0.2, 0) is 30.8 Å². The first-order chi connectivity index (χ1) is 15.3. The topological polar surface area (TPSA) is 96.0 Å². The number of amides is 2. The Morgan fingerprint density at radius 2 is 1.84 bits per heavy atom. The summed E-state index contributed by atoms with van der Waals surface area (Å²) in [6.45, 7) is 3.59. The number of anilines is 1. The van der Waals surface area contributed by atoms with Crippen molar-refractivity contribution < 1.29 is 22.7 Å². The molecule has 1 saturated heterocycles. The van der Waals surface area contributed by atoms with Crippen molar-refractivity contribution >= 4 is 27.5 Å². The van der Waals surface area contributed by atoms with Gasteiger partial charge in [0.1, 0.15) is 0 Å². The van der Waals surface area contributed by atoms with Gasteiger partial charge >= 0.3 is 0 Å². The van der Waals surface area contributed by atoms with Crippen molar-refractivity contribution in [1.29, 1.82) is 0 Å². The fraction of sp³-hybridized carbons (Fsp3) is 0.652. The van der Waals surface area contributed by atoms with Crippen LogP contribution in [0.4, 0.5) is 5.69 Å². The van der Waals surface area contributed by atoms with Gasteiger partial charge in [-0.2, -0.15) is 4.31 Å². The third-order valence-electron chi connectivity index (χ3n) is 7.03. The average Bonchev–Trinajstić information content (AvgIpc) is 3.07. The van der Waals surface area contributed by atoms with Gasteiger partial charge in [0.15, 0.2) is 0 Å². The lowest BCUT2D eigenvalue weighted by Gasteiger charge is -2.32. The van der Waals surface area contributed by atoms with E-state index in [1.165, 1.54) is 4.31 Å². The van der Waals surface area contributed by atoms with Crippen LogP contribution in [0.15, 0.2) is 23.1 Å². The lowest BCUT2D eigenvalue weighted by Crippen LogP contribution is -2.43. The summed E-state index contributed by atoms with van der Waals surface area (Å²) in [5.74, 6) is 0.0656. The second kappa shape index (κ2) is 9.49. The van der Waals surface area contributed by atoms with Crippen molar-refractivity contribution in [2.24, 2.45) is 11.8 Å². The minimum atomic E-state index is -3.64. The third kappa shape index (κ3) is 4.43. The van der Waals surface area contributed by atoms with Crippen LogP contribution in [0.1, 0.15) is 44.6 Å². The maximum absolute atomic E-state index is 13.3. The summed E-state index contributed by atoms with van der Waals surface area (Å²) in [5, 5.41) is 2.84. The van der Waals surface area contributed by atoms with Gasteiger partial charge in [-0.1, -0.05) is 6.42 Å². The predicted molar refractivity (Wildman–Crippen MR) is 121 cm³/mol. The molecule has 1 aromatic rings. The minimum absolute atomic E-state index is 0.0400. The van der Waals surface area contributed by atoms with E-state index in [1.807, 2.05) is 11.8 Å². The molecule has 4 rings (SSSR count). The quantitative estimate of drug-likeness (QED) is 0.624. The van der Waals surface area contributed by atoms with E-state index in [0.29, 0.717) is 45.5 Å². The first kappa shape index (κ1) is 23.2.